The van der Waals surface area contributed by atoms with Crippen molar-refractivity contribution in [1.29, 1.82) is 0 Å². The monoisotopic (exact) mass is 513 g/mol. The van der Waals surface area contributed by atoms with Crippen LogP contribution in [-0.4, -0.2) is 34.7 Å². The van der Waals surface area contributed by atoms with E-state index in [9.17, 15) is 27.1 Å². The number of aromatic hydroxyl groups is 1. The molecule has 0 spiro atoms. The smallest absolute Gasteiger partial charge is 0.296 e. The number of hydrogen-bond donors (Lipinski definition) is 1. The van der Waals surface area contributed by atoms with Gasteiger partial charge in [0.2, 0.25) is 21.7 Å². The maximum atomic E-state index is 14.9. The summed E-state index contributed by atoms with van der Waals surface area (Å²) >= 11 is 0. The second-order valence-corrected chi connectivity index (χ2v) is 9.60. The Labute approximate surface area is 205 Å². The molecule has 4 aromatic rings. The average molecular weight is 514 g/mol. The molecule has 11 heteroatoms. The quantitative estimate of drug-likeness (QED) is 0.358. The lowest BCUT2D eigenvalue weighted by molar-refractivity contribution is 0.123. The van der Waals surface area contributed by atoms with Gasteiger partial charge in [0.15, 0.2) is 4.90 Å². The third kappa shape index (κ3) is 5.02. The summed E-state index contributed by atoms with van der Waals surface area (Å²) in [4.78, 5) is 18.6. The summed E-state index contributed by atoms with van der Waals surface area (Å²) in [5, 5.41) is 11.0. The molecular formula is C25H21F2N3O5S. The van der Waals surface area contributed by atoms with E-state index in [4.69, 9.17) is 4.74 Å². The van der Waals surface area contributed by atoms with Gasteiger partial charge in [-0.3, -0.25) is 9.36 Å². The van der Waals surface area contributed by atoms with Gasteiger partial charge >= 0.3 is 0 Å². The Hall–Kier alpha value is -3.96. The third-order valence-electron chi connectivity index (χ3n) is 5.37. The number of rotatable bonds is 8. The van der Waals surface area contributed by atoms with Crippen LogP contribution in [0.4, 0.5) is 8.78 Å². The van der Waals surface area contributed by atoms with Crippen molar-refractivity contribution in [2.45, 2.75) is 29.9 Å². The number of halogens is 2. The van der Waals surface area contributed by atoms with Gasteiger partial charge in [0, 0.05) is 23.9 Å². The van der Waals surface area contributed by atoms with Gasteiger partial charge in [-0.15, -0.1) is 0 Å². The average Bonchev–Trinajstić information content (AvgIpc) is 2.85. The van der Waals surface area contributed by atoms with Gasteiger partial charge in [0.05, 0.1) is 11.4 Å². The van der Waals surface area contributed by atoms with E-state index in [1.807, 2.05) is 0 Å². The minimum atomic E-state index is -4.68. The minimum absolute atomic E-state index is 0.00967. The number of nitrogens with zero attached hydrogens (tertiary/aromatic N) is 3. The molecule has 0 atom stereocenters. The lowest BCUT2D eigenvalue weighted by Gasteiger charge is -2.17. The molecule has 0 aliphatic carbocycles. The highest BCUT2D eigenvalue weighted by Gasteiger charge is 2.30. The first kappa shape index (κ1) is 25.1. The molecular weight excluding hydrogens is 492 g/mol. The van der Waals surface area contributed by atoms with E-state index >= 15 is 0 Å². The lowest BCUT2D eigenvalue weighted by atomic mass is 10.1. The fourth-order valence-corrected chi connectivity index (χ4v) is 4.96. The highest BCUT2D eigenvalue weighted by Crippen LogP contribution is 2.30. The van der Waals surface area contributed by atoms with Crippen LogP contribution in [0.15, 0.2) is 81.4 Å². The zero-order valence-corrected chi connectivity index (χ0v) is 19.9. The van der Waals surface area contributed by atoms with Crippen LogP contribution < -0.4 is 5.56 Å². The van der Waals surface area contributed by atoms with Crippen molar-refractivity contribution in [2.24, 2.45) is 0 Å². The van der Waals surface area contributed by atoms with E-state index < -0.39 is 42.8 Å². The second-order valence-electron chi connectivity index (χ2n) is 7.71. The van der Waals surface area contributed by atoms with E-state index in [1.165, 1.54) is 16.7 Å². The topological polar surface area (TPSA) is 111 Å². The molecule has 0 fully saturated rings. The maximum Gasteiger partial charge on any atom is 0.296 e. The lowest BCUT2D eigenvalue weighted by Crippen LogP contribution is -2.26. The van der Waals surface area contributed by atoms with Crippen molar-refractivity contribution in [3.8, 4) is 17.0 Å². The van der Waals surface area contributed by atoms with E-state index in [2.05, 4.69) is 9.97 Å². The highest BCUT2D eigenvalue weighted by molar-refractivity contribution is 7.91. The maximum absolute atomic E-state index is 14.9. The molecule has 0 radical (unpaired) electrons. The summed E-state index contributed by atoms with van der Waals surface area (Å²) in [6.45, 7) is 1.91. The van der Waals surface area contributed by atoms with Crippen LogP contribution in [0.1, 0.15) is 18.3 Å². The molecule has 2 heterocycles. The number of benzene rings is 2. The first-order valence-corrected chi connectivity index (χ1v) is 12.3. The van der Waals surface area contributed by atoms with Gasteiger partial charge in [0.25, 0.3) is 5.56 Å². The molecule has 1 N–H and O–H groups in total. The number of hydrogen-bond acceptors (Lipinski definition) is 7. The van der Waals surface area contributed by atoms with Crippen LogP contribution in [0.5, 0.6) is 5.88 Å². The largest absolute Gasteiger partial charge is 0.493 e. The predicted molar refractivity (Wildman–Crippen MR) is 126 cm³/mol. The minimum Gasteiger partial charge on any atom is -0.493 e. The number of ether oxygens (including phenoxy) is 1. The molecule has 0 aliphatic heterocycles. The number of pyridine rings is 1. The van der Waals surface area contributed by atoms with Crippen LogP contribution in [-0.2, 0) is 27.7 Å². The molecule has 186 valence electrons. The first-order chi connectivity index (χ1) is 17.2. The SMILES string of the molecule is CCOCc1nc(=O)c(S(=O)(=O)c2ccc(-c3ccc(F)nc3)c(F)c2)c(O)n1Cc1ccccc1. The summed E-state index contributed by atoms with van der Waals surface area (Å²) in [7, 11) is -4.68. The van der Waals surface area contributed by atoms with Crippen molar-refractivity contribution in [1.82, 2.24) is 14.5 Å². The molecule has 2 aromatic heterocycles. The predicted octanol–water partition coefficient (Wildman–Crippen LogP) is 3.71. The zero-order valence-electron chi connectivity index (χ0n) is 19.1. The van der Waals surface area contributed by atoms with Gasteiger partial charge in [-0.05, 0) is 36.8 Å². The Bertz CT molecular complexity index is 1560. The van der Waals surface area contributed by atoms with Crippen LogP contribution in [0.25, 0.3) is 11.1 Å². The van der Waals surface area contributed by atoms with Crippen LogP contribution >= 0.6 is 0 Å². The molecule has 8 nitrogen and oxygen atoms in total. The van der Waals surface area contributed by atoms with Gasteiger partial charge in [-0.25, -0.2) is 17.8 Å². The van der Waals surface area contributed by atoms with Crippen LogP contribution in [0.2, 0.25) is 0 Å². The Morgan fingerprint density at radius 1 is 1.06 bits per heavy atom. The van der Waals surface area contributed by atoms with Gasteiger partial charge < -0.3 is 9.84 Å². The standard InChI is InChI=1S/C25H21F2N3O5S/c1-2-35-15-22-29-24(31)23(25(32)30(22)14-16-6-4-3-5-7-16)36(33,34)18-9-10-19(20(26)12-18)17-8-11-21(27)28-13-17/h3-13,32H,2,14-15H2,1H3. The van der Waals surface area contributed by atoms with E-state index in [0.717, 1.165) is 24.4 Å². The van der Waals surface area contributed by atoms with Gasteiger partial charge in [-0.1, -0.05) is 36.4 Å². The number of aromatic nitrogens is 3. The van der Waals surface area contributed by atoms with Crippen LogP contribution in [0.3, 0.4) is 0 Å². The summed E-state index contributed by atoms with van der Waals surface area (Å²) < 4.78 is 61.3. The van der Waals surface area contributed by atoms with Crippen molar-refractivity contribution < 1.29 is 27.0 Å². The third-order valence-corrected chi connectivity index (χ3v) is 7.14. The Balaban J connectivity index is 1.82. The van der Waals surface area contributed by atoms with Crippen molar-refractivity contribution in [2.75, 3.05) is 6.61 Å². The second kappa shape index (κ2) is 10.3. The summed E-state index contributed by atoms with van der Waals surface area (Å²) in [6.07, 6.45) is 1.11. The molecule has 0 bridgehead atoms. The Kier molecular flexibility index (Phi) is 7.22. The zero-order chi connectivity index (χ0) is 25.9. The molecule has 4 rings (SSSR count). The molecule has 36 heavy (non-hydrogen) atoms. The van der Waals surface area contributed by atoms with Gasteiger partial charge in [-0.2, -0.15) is 9.37 Å². The molecule has 0 amide bonds. The van der Waals surface area contributed by atoms with Crippen LogP contribution in [0, 0.1) is 11.8 Å². The van der Waals surface area contributed by atoms with E-state index in [0.29, 0.717) is 12.2 Å². The van der Waals surface area contributed by atoms with E-state index in [1.54, 1.807) is 37.3 Å². The highest BCUT2D eigenvalue weighted by atomic mass is 32.2. The molecule has 2 aromatic carbocycles. The molecule has 0 aliphatic rings. The Morgan fingerprint density at radius 3 is 2.44 bits per heavy atom. The van der Waals surface area contributed by atoms with E-state index in [-0.39, 0.29) is 30.1 Å². The van der Waals surface area contributed by atoms with Crippen molar-refractivity contribution >= 4 is 9.84 Å². The summed E-state index contributed by atoms with van der Waals surface area (Å²) in [6, 6.07) is 14.2. The molecule has 0 saturated carbocycles. The first-order valence-electron chi connectivity index (χ1n) is 10.8. The van der Waals surface area contributed by atoms with Crippen molar-refractivity contribution in [3.05, 3.63) is 100 Å². The fraction of sp³-hybridized carbons (Fsp3) is 0.160. The summed E-state index contributed by atoms with van der Waals surface area (Å²) in [5.41, 5.74) is -0.272. The van der Waals surface area contributed by atoms with Crippen molar-refractivity contribution in [3.63, 3.8) is 0 Å². The van der Waals surface area contributed by atoms with Gasteiger partial charge in [0.1, 0.15) is 18.2 Å². The molecule has 0 unspecified atom stereocenters. The number of sulfone groups is 1. The molecule has 0 saturated heterocycles. The summed E-state index contributed by atoms with van der Waals surface area (Å²) in [5.74, 6) is -2.48. The Morgan fingerprint density at radius 2 is 1.81 bits per heavy atom. The normalized spacial score (nSPS) is 11.5. The fourth-order valence-electron chi connectivity index (χ4n) is 3.59.